The summed E-state index contributed by atoms with van der Waals surface area (Å²) in [6, 6.07) is 6.04. The van der Waals surface area contributed by atoms with Gasteiger partial charge in [-0.2, -0.15) is 0 Å². The smallest absolute Gasteiger partial charge is 0.326 e. The third kappa shape index (κ3) is 2.64. The van der Waals surface area contributed by atoms with Crippen LogP contribution in [0, 0.1) is 5.92 Å². The molecule has 0 aromatic heterocycles. The van der Waals surface area contributed by atoms with Gasteiger partial charge in [-0.05, 0) is 49.4 Å². The Balaban J connectivity index is 1.90. The molecule has 1 aliphatic heterocycles. The van der Waals surface area contributed by atoms with Crippen molar-refractivity contribution in [2.24, 2.45) is 5.92 Å². The van der Waals surface area contributed by atoms with Gasteiger partial charge < -0.3 is 10.0 Å². The lowest BCUT2D eigenvalue weighted by atomic mass is 9.84. The summed E-state index contributed by atoms with van der Waals surface area (Å²) in [6.45, 7) is 0. The van der Waals surface area contributed by atoms with Crippen molar-refractivity contribution in [2.75, 3.05) is 0 Å². The fourth-order valence-corrected chi connectivity index (χ4v) is 3.84. The molecule has 1 aliphatic carbocycles. The Hall–Kier alpha value is -1.55. The van der Waals surface area contributed by atoms with E-state index in [1.54, 1.807) is 29.2 Å². The van der Waals surface area contributed by atoms with E-state index in [1.165, 1.54) is 0 Å². The van der Waals surface area contributed by atoms with Crippen LogP contribution in [-0.2, 0) is 4.79 Å². The van der Waals surface area contributed by atoms with E-state index in [0.717, 1.165) is 25.7 Å². The SMILES string of the molecule is O=C(O)C1CC2CCCCC2N1C(=O)c1ccc(Cl)cc1. The van der Waals surface area contributed by atoms with Gasteiger partial charge in [0.25, 0.3) is 5.91 Å². The van der Waals surface area contributed by atoms with E-state index in [9.17, 15) is 14.7 Å². The highest BCUT2D eigenvalue weighted by Crippen LogP contribution is 2.40. The van der Waals surface area contributed by atoms with Crippen LogP contribution >= 0.6 is 11.6 Å². The monoisotopic (exact) mass is 307 g/mol. The summed E-state index contributed by atoms with van der Waals surface area (Å²) in [5.41, 5.74) is 0.511. The number of hydrogen-bond donors (Lipinski definition) is 1. The van der Waals surface area contributed by atoms with Crippen molar-refractivity contribution >= 4 is 23.5 Å². The summed E-state index contributed by atoms with van der Waals surface area (Å²) in [4.78, 5) is 25.9. The van der Waals surface area contributed by atoms with E-state index in [2.05, 4.69) is 0 Å². The summed E-state index contributed by atoms with van der Waals surface area (Å²) in [5, 5.41) is 10.0. The fourth-order valence-electron chi connectivity index (χ4n) is 3.71. The molecule has 112 valence electrons. The first-order valence-electron chi connectivity index (χ1n) is 7.39. The Kier molecular flexibility index (Phi) is 3.89. The first-order chi connectivity index (χ1) is 10.1. The van der Waals surface area contributed by atoms with Crippen LogP contribution in [0.2, 0.25) is 5.02 Å². The maximum Gasteiger partial charge on any atom is 0.326 e. The summed E-state index contributed by atoms with van der Waals surface area (Å²) >= 11 is 5.85. The van der Waals surface area contributed by atoms with Crippen molar-refractivity contribution in [1.29, 1.82) is 0 Å². The molecule has 4 nitrogen and oxygen atoms in total. The standard InChI is InChI=1S/C16H18ClNO3/c17-12-7-5-10(6-8-12)15(19)18-13-4-2-1-3-11(13)9-14(18)16(20)21/h5-8,11,13-14H,1-4,9H2,(H,20,21). The number of aliphatic carboxylic acids is 1. The Morgan fingerprint density at radius 1 is 1.14 bits per heavy atom. The molecule has 1 amide bonds. The van der Waals surface area contributed by atoms with E-state index in [0.29, 0.717) is 22.9 Å². The van der Waals surface area contributed by atoms with E-state index >= 15 is 0 Å². The highest BCUT2D eigenvalue weighted by molar-refractivity contribution is 6.30. The number of amides is 1. The van der Waals surface area contributed by atoms with Crippen LogP contribution < -0.4 is 0 Å². The largest absolute Gasteiger partial charge is 0.480 e. The fraction of sp³-hybridized carbons (Fsp3) is 0.500. The second-order valence-corrected chi connectivity index (χ2v) is 6.36. The molecule has 2 aliphatic rings. The lowest BCUT2D eigenvalue weighted by molar-refractivity contribution is -0.141. The minimum atomic E-state index is -0.897. The molecule has 3 rings (SSSR count). The van der Waals surface area contributed by atoms with Gasteiger partial charge in [0, 0.05) is 16.6 Å². The van der Waals surface area contributed by atoms with Crippen LogP contribution in [0.15, 0.2) is 24.3 Å². The molecule has 1 heterocycles. The number of benzene rings is 1. The van der Waals surface area contributed by atoms with Crippen LogP contribution in [0.3, 0.4) is 0 Å². The quantitative estimate of drug-likeness (QED) is 0.913. The van der Waals surface area contributed by atoms with Gasteiger partial charge in [0.05, 0.1) is 0 Å². The van der Waals surface area contributed by atoms with Gasteiger partial charge in [-0.3, -0.25) is 4.79 Å². The average Bonchev–Trinajstić information content (AvgIpc) is 2.87. The number of carbonyl (C=O) groups excluding carboxylic acids is 1. The molecule has 1 aromatic carbocycles. The van der Waals surface area contributed by atoms with Gasteiger partial charge in [-0.25, -0.2) is 4.79 Å². The Bertz CT molecular complexity index is 557. The van der Waals surface area contributed by atoms with E-state index in [1.807, 2.05) is 0 Å². The van der Waals surface area contributed by atoms with Gasteiger partial charge in [0.1, 0.15) is 6.04 Å². The molecule has 1 aromatic rings. The second kappa shape index (κ2) is 5.68. The van der Waals surface area contributed by atoms with Gasteiger partial charge in [-0.15, -0.1) is 0 Å². The minimum absolute atomic E-state index is 0.0722. The maximum absolute atomic E-state index is 12.7. The summed E-state index contributed by atoms with van der Waals surface area (Å²) in [6.07, 6.45) is 4.72. The predicted molar refractivity (Wildman–Crippen MR) is 79.4 cm³/mol. The van der Waals surface area contributed by atoms with Gasteiger partial charge >= 0.3 is 5.97 Å². The van der Waals surface area contributed by atoms with Crippen molar-refractivity contribution in [1.82, 2.24) is 4.90 Å². The van der Waals surface area contributed by atoms with Crippen molar-refractivity contribution in [3.63, 3.8) is 0 Å². The van der Waals surface area contributed by atoms with Crippen LogP contribution in [0.4, 0.5) is 0 Å². The first-order valence-corrected chi connectivity index (χ1v) is 7.77. The molecular weight excluding hydrogens is 290 g/mol. The van der Waals surface area contributed by atoms with E-state index < -0.39 is 12.0 Å². The van der Waals surface area contributed by atoms with Gasteiger partial charge in [0.15, 0.2) is 0 Å². The topological polar surface area (TPSA) is 57.6 Å². The van der Waals surface area contributed by atoms with Crippen molar-refractivity contribution in [3.05, 3.63) is 34.9 Å². The summed E-state index contributed by atoms with van der Waals surface area (Å²) in [5.74, 6) is -0.753. The summed E-state index contributed by atoms with van der Waals surface area (Å²) in [7, 11) is 0. The number of carboxylic acids is 1. The van der Waals surface area contributed by atoms with Crippen LogP contribution in [0.25, 0.3) is 0 Å². The Labute approximate surface area is 128 Å². The molecule has 1 N–H and O–H groups in total. The number of rotatable bonds is 2. The zero-order chi connectivity index (χ0) is 15.0. The number of likely N-dealkylation sites (tertiary alicyclic amines) is 1. The molecule has 2 fully saturated rings. The first kappa shape index (κ1) is 14.4. The molecular formula is C16H18ClNO3. The molecule has 21 heavy (non-hydrogen) atoms. The lowest BCUT2D eigenvalue weighted by Gasteiger charge is -2.33. The van der Waals surface area contributed by atoms with Gasteiger partial charge in [0.2, 0.25) is 0 Å². The second-order valence-electron chi connectivity index (χ2n) is 5.92. The van der Waals surface area contributed by atoms with Crippen LogP contribution in [0.5, 0.6) is 0 Å². The number of carbonyl (C=O) groups is 2. The lowest BCUT2D eigenvalue weighted by Crippen LogP contribution is -2.46. The normalized spacial score (nSPS) is 28.2. The van der Waals surface area contributed by atoms with Crippen LogP contribution in [-0.4, -0.2) is 34.0 Å². The average molecular weight is 308 g/mol. The van der Waals surface area contributed by atoms with Crippen molar-refractivity contribution in [2.45, 2.75) is 44.2 Å². The molecule has 3 unspecified atom stereocenters. The number of fused-ring (bicyclic) bond motifs is 1. The maximum atomic E-state index is 12.7. The number of halogens is 1. The van der Waals surface area contributed by atoms with Crippen molar-refractivity contribution < 1.29 is 14.7 Å². The number of carboxylic acid groups (broad SMARTS) is 1. The van der Waals surface area contributed by atoms with Crippen molar-refractivity contribution in [3.8, 4) is 0 Å². The molecule has 0 radical (unpaired) electrons. The molecule has 5 heteroatoms. The highest BCUT2D eigenvalue weighted by atomic mass is 35.5. The molecule has 0 bridgehead atoms. The Morgan fingerprint density at radius 2 is 1.81 bits per heavy atom. The molecule has 1 saturated carbocycles. The van der Waals surface area contributed by atoms with E-state index in [4.69, 9.17) is 11.6 Å². The third-order valence-electron chi connectivity index (χ3n) is 4.70. The number of nitrogens with zero attached hydrogens (tertiary/aromatic N) is 1. The van der Waals surface area contributed by atoms with Crippen LogP contribution in [0.1, 0.15) is 42.5 Å². The third-order valence-corrected chi connectivity index (χ3v) is 4.95. The summed E-state index contributed by atoms with van der Waals surface area (Å²) < 4.78 is 0. The molecule has 1 saturated heterocycles. The Morgan fingerprint density at radius 3 is 2.48 bits per heavy atom. The van der Waals surface area contributed by atoms with Gasteiger partial charge in [-0.1, -0.05) is 24.4 Å². The predicted octanol–water partition coefficient (Wildman–Crippen LogP) is 3.20. The minimum Gasteiger partial charge on any atom is -0.480 e. The zero-order valence-electron chi connectivity index (χ0n) is 11.7. The van der Waals surface area contributed by atoms with E-state index in [-0.39, 0.29) is 11.9 Å². The number of hydrogen-bond acceptors (Lipinski definition) is 2. The molecule has 3 atom stereocenters. The molecule has 0 spiro atoms. The highest BCUT2D eigenvalue weighted by Gasteiger charge is 2.47. The zero-order valence-corrected chi connectivity index (χ0v) is 12.4.